The van der Waals surface area contributed by atoms with Gasteiger partial charge in [0.25, 0.3) is 0 Å². The van der Waals surface area contributed by atoms with Crippen molar-refractivity contribution in [2.75, 3.05) is 13.1 Å². The minimum Gasteiger partial charge on any atom is -0.316 e. The minimum absolute atomic E-state index is 0.476. The predicted molar refractivity (Wildman–Crippen MR) is 90.4 cm³/mol. The quantitative estimate of drug-likeness (QED) is 0.794. The molecule has 108 valence electrons. The lowest BCUT2D eigenvalue weighted by Crippen LogP contribution is -2.26. The lowest BCUT2D eigenvalue weighted by atomic mass is 9.94. The Morgan fingerprint density at radius 3 is 2.55 bits per heavy atom. The Kier molecular flexibility index (Phi) is 6.20. The van der Waals surface area contributed by atoms with E-state index in [1.165, 1.54) is 11.3 Å². The van der Waals surface area contributed by atoms with Crippen molar-refractivity contribution < 1.29 is 0 Å². The molecular weight excluding hydrogens is 332 g/mol. The number of rotatable bonds is 7. The van der Waals surface area contributed by atoms with Gasteiger partial charge in [-0.25, -0.2) is 4.98 Å². The number of thiazole rings is 1. The van der Waals surface area contributed by atoms with Crippen molar-refractivity contribution in [1.29, 1.82) is 0 Å². The molecule has 1 aromatic carbocycles. The van der Waals surface area contributed by atoms with Crippen molar-refractivity contribution in [3.63, 3.8) is 0 Å². The van der Waals surface area contributed by atoms with E-state index in [0.29, 0.717) is 11.8 Å². The monoisotopic (exact) mass is 352 g/mol. The lowest BCUT2D eigenvalue weighted by Gasteiger charge is -2.18. The van der Waals surface area contributed by atoms with Crippen LogP contribution in [0.15, 0.2) is 39.6 Å². The van der Waals surface area contributed by atoms with Crippen LogP contribution in [0.3, 0.4) is 0 Å². The van der Waals surface area contributed by atoms with Crippen molar-refractivity contribution in [3.8, 4) is 0 Å². The van der Waals surface area contributed by atoms with Crippen LogP contribution in [0, 0.1) is 5.92 Å². The van der Waals surface area contributed by atoms with E-state index < -0.39 is 0 Å². The van der Waals surface area contributed by atoms with E-state index in [4.69, 9.17) is 0 Å². The summed E-state index contributed by atoms with van der Waals surface area (Å²) in [6.45, 7) is 6.53. The molecule has 0 bridgehead atoms. The molecule has 0 saturated carbocycles. The van der Waals surface area contributed by atoms with Crippen LogP contribution >= 0.6 is 27.3 Å². The van der Waals surface area contributed by atoms with Crippen molar-refractivity contribution in [1.82, 2.24) is 10.3 Å². The molecule has 0 aliphatic heterocycles. The largest absolute Gasteiger partial charge is 0.316 e. The Morgan fingerprint density at radius 2 is 1.95 bits per heavy atom. The Hall–Kier alpha value is -0.710. The van der Waals surface area contributed by atoms with Gasteiger partial charge in [-0.3, -0.25) is 0 Å². The van der Waals surface area contributed by atoms with E-state index in [9.17, 15) is 0 Å². The lowest BCUT2D eigenvalue weighted by molar-refractivity contribution is 0.512. The molecule has 2 aromatic rings. The molecule has 2 rings (SSSR count). The zero-order valence-corrected chi connectivity index (χ0v) is 14.4. The predicted octanol–water partition coefficient (Wildman–Crippen LogP) is 4.48. The summed E-state index contributed by atoms with van der Waals surface area (Å²) in [4.78, 5) is 4.42. The van der Waals surface area contributed by atoms with Crippen LogP contribution in [0.2, 0.25) is 0 Å². The van der Waals surface area contributed by atoms with E-state index in [2.05, 4.69) is 69.7 Å². The first kappa shape index (κ1) is 15.7. The Labute approximate surface area is 133 Å². The molecule has 0 aliphatic carbocycles. The SMILES string of the molecule is CC(C)CNCC(Cc1cscn1)c1ccc(Br)cc1. The zero-order valence-electron chi connectivity index (χ0n) is 12.0. The summed E-state index contributed by atoms with van der Waals surface area (Å²) in [6.07, 6.45) is 0.996. The summed E-state index contributed by atoms with van der Waals surface area (Å²) < 4.78 is 1.13. The van der Waals surface area contributed by atoms with Crippen LogP contribution < -0.4 is 5.32 Å². The number of hydrogen-bond donors (Lipinski definition) is 1. The highest BCUT2D eigenvalue weighted by molar-refractivity contribution is 9.10. The van der Waals surface area contributed by atoms with Gasteiger partial charge < -0.3 is 5.32 Å². The second-order valence-electron chi connectivity index (χ2n) is 5.48. The highest BCUT2D eigenvalue weighted by Crippen LogP contribution is 2.22. The second-order valence-corrected chi connectivity index (χ2v) is 7.12. The Balaban J connectivity index is 2.04. The van der Waals surface area contributed by atoms with Crippen LogP contribution in [0.25, 0.3) is 0 Å². The first-order valence-corrected chi connectivity index (χ1v) is 8.72. The van der Waals surface area contributed by atoms with Gasteiger partial charge >= 0.3 is 0 Å². The third kappa shape index (κ3) is 5.00. The van der Waals surface area contributed by atoms with Crippen LogP contribution in [0.5, 0.6) is 0 Å². The topological polar surface area (TPSA) is 24.9 Å². The van der Waals surface area contributed by atoms with Crippen molar-refractivity contribution in [3.05, 3.63) is 50.9 Å². The maximum Gasteiger partial charge on any atom is 0.0794 e. The smallest absolute Gasteiger partial charge is 0.0794 e. The number of aromatic nitrogens is 1. The van der Waals surface area contributed by atoms with Crippen LogP contribution in [0.4, 0.5) is 0 Å². The summed E-state index contributed by atoms with van der Waals surface area (Å²) in [5.74, 6) is 1.16. The minimum atomic E-state index is 0.476. The summed E-state index contributed by atoms with van der Waals surface area (Å²) in [7, 11) is 0. The van der Waals surface area contributed by atoms with E-state index >= 15 is 0 Å². The van der Waals surface area contributed by atoms with Crippen molar-refractivity contribution >= 4 is 27.3 Å². The molecule has 0 aliphatic rings. The van der Waals surface area contributed by atoms with Gasteiger partial charge in [0.05, 0.1) is 11.2 Å². The number of halogens is 1. The summed E-state index contributed by atoms with van der Waals surface area (Å²) >= 11 is 5.17. The molecule has 0 amide bonds. The van der Waals surface area contributed by atoms with Gasteiger partial charge in [0, 0.05) is 22.3 Å². The van der Waals surface area contributed by atoms with Crippen LogP contribution in [-0.2, 0) is 6.42 Å². The summed E-state index contributed by atoms with van der Waals surface area (Å²) in [5, 5.41) is 5.72. The average molecular weight is 353 g/mol. The Morgan fingerprint density at radius 1 is 1.20 bits per heavy atom. The molecule has 1 N–H and O–H groups in total. The molecule has 0 saturated heterocycles. The first-order chi connectivity index (χ1) is 9.65. The highest BCUT2D eigenvalue weighted by atomic mass is 79.9. The van der Waals surface area contributed by atoms with Gasteiger partial charge in [-0.05, 0) is 36.6 Å². The van der Waals surface area contributed by atoms with Crippen molar-refractivity contribution in [2.24, 2.45) is 5.92 Å². The normalized spacial score (nSPS) is 12.8. The molecule has 1 aromatic heterocycles. The molecule has 1 unspecified atom stereocenters. The second kappa shape index (κ2) is 7.91. The fraction of sp³-hybridized carbons (Fsp3) is 0.438. The zero-order chi connectivity index (χ0) is 14.4. The third-order valence-electron chi connectivity index (χ3n) is 3.22. The van der Waals surface area contributed by atoms with E-state index in [-0.39, 0.29) is 0 Å². The molecule has 4 heteroatoms. The van der Waals surface area contributed by atoms with Gasteiger partial charge in [0.1, 0.15) is 0 Å². The Bertz CT molecular complexity index is 494. The van der Waals surface area contributed by atoms with Gasteiger partial charge in [0.2, 0.25) is 0 Å². The maximum absolute atomic E-state index is 4.42. The standard InChI is InChI=1S/C16H21BrN2S/c1-12(2)8-18-9-14(7-16-10-20-11-19-16)13-3-5-15(17)6-4-13/h3-6,10-12,14,18H,7-9H2,1-2H3. The van der Waals surface area contributed by atoms with E-state index in [0.717, 1.165) is 24.0 Å². The fourth-order valence-electron chi connectivity index (χ4n) is 2.18. The van der Waals surface area contributed by atoms with Crippen molar-refractivity contribution in [2.45, 2.75) is 26.2 Å². The molecule has 1 atom stereocenters. The molecule has 0 spiro atoms. The summed E-state index contributed by atoms with van der Waals surface area (Å²) in [6, 6.07) is 8.65. The van der Waals surface area contributed by atoms with Gasteiger partial charge in [0.15, 0.2) is 0 Å². The van der Waals surface area contributed by atoms with E-state index in [1.807, 2.05) is 5.51 Å². The summed E-state index contributed by atoms with van der Waals surface area (Å²) in [5.41, 5.74) is 4.47. The number of nitrogens with one attached hydrogen (secondary N) is 1. The van der Waals surface area contributed by atoms with Gasteiger partial charge in [-0.1, -0.05) is 41.9 Å². The van der Waals surface area contributed by atoms with Crippen LogP contribution in [0.1, 0.15) is 31.0 Å². The molecule has 0 radical (unpaired) electrons. The molecular formula is C16H21BrN2S. The number of nitrogens with zero attached hydrogens (tertiary/aromatic N) is 1. The van der Waals surface area contributed by atoms with Gasteiger partial charge in [-0.2, -0.15) is 0 Å². The number of benzene rings is 1. The molecule has 2 nitrogen and oxygen atoms in total. The number of hydrogen-bond acceptors (Lipinski definition) is 3. The molecule has 0 fully saturated rings. The van der Waals surface area contributed by atoms with Crippen LogP contribution in [-0.4, -0.2) is 18.1 Å². The first-order valence-electron chi connectivity index (χ1n) is 6.98. The molecule has 1 heterocycles. The fourth-order valence-corrected chi connectivity index (χ4v) is 3.02. The van der Waals surface area contributed by atoms with E-state index in [1.54, 1.807) is 11.3 Å². The molecule has 20 heavy (non-hydrogen) atoms. The highest BCUT2D eigenvalue weighted by Gasteiger charge is 2.13. The maximum atomic E-state index is 4.42. The average Bonchev–Trinajstić information content (AvgIpc) is 2.91. The third-order valence-corrected chi connectivity index (χ3v) is 4.39. The van der Waals surface area contributed by atoms with Gasteiger partial charge in [-0.15, -0.1) is 11.3 Å².